The summed E-state index contributed by atoms with van der Waals surface area (Å²) in [6, 6.07) is 3.48. The molecule has 0 aliphatic heterocycles. The molecule has 0 radical (unpaired) electrons. The zero-order valence-corrected chi connectivity index (χ0v) is 16.2. The lowest BCUT2D eigenvalue weighted by atomic mass is 10.2. The molecular formula is C17H20Cl2N4O3. The van der Waals surface area contributed by atoms with Crippen molar-refractivity contribution in [3.05, 3.63) is 44.3 Å². The van der Waals surface area contributed by atoms with Crippen LogP contribution in [0.1, 0.15) is 26.3 Å². The predicted molar refractivity (Wildman–Crippen MR) is 104 cm³/mol. The molecule has 0 atom stereocenters. The second-order valence-corrected chi connectivity index (χ2v) is 6.55. The molecule has 0 fully saturated rings. The van der Waals surface area contributed by atoms with Crippen molar-refractivity contribution in [3.8, 4) is 11.5 Å². The molecule has 0 unspecified atom stereocenters. The van der Waals surface area contributed by atoms with E-state index in [-0.39, 0.29) is 5.02 Å². The van der Waals surface area contributed by atoms with E-state index in [1.165, 1.54) is 12.4 Å². The van der Waals surface area contributed by atoms with Crippen LogP contribution in [-0.4, -0.2) is 29.6 Å². The minimum absolute atomic E-state index is 0.0254. The van der Waals surface area contributed by atoms with Gasteiger partial charge < -0.3 is 9.47 Å². The second kappa shape index (κ2) is 9.45. The molecular weight excluding hydrogens is 379 g/mol. The van der Waals surface area contributed by atoms with Gasteiger partial charge in [0, 0.05) is 0 Å². The van der Waals surface area contributed by atoms with Gasteiger partial charge in [-0.05, 0) is 30.5 Å². The minimum atomic E-state index is -0.500. The summed E-state index contributed by atoms with van der Waals surface area (Å²) >= 11 is 12.2. The zero-order valence-electron chi connectivity index (χ0n) is 14.7. The third-order valence-corrected chi connectivity index (χ3v) is 3.74. The number of rotatable bonds is 8. The molecule has 0 saturated carbocycles. The van der Waals surface area contributed by atoms with Crippen molar-refractivity contribution >= 4 is 35.1 Å². The van der Waals surface area contributed by atoms with E-state index < -0.39 is 5.56 Å². The number of hydrazone groups is 1. The summed E-state index contributed by atoms with van der Waals surface area (Å²) in [4.78, 5) is 11.4. The molecule has 9 heteroatoms. The summed E-state index contributed by atoms with van der Waals surface area (Å²) in [6.45, 7) is 6.99. The molecule has 0 aliphatic rings. The van der Waals surface area contributed by atoms with E-state index in [0.29, 0.717) is 46.9 Å². The number of nitrogens with one attached hydrogen (secondary N) is 2. The van der Waals surface area contributed by atoms with Gasteiger partial charge in [0.1, 0.15) is 10.7 Å². The largest absolute Gasteiger partial charge is 0.490 e. The van der Waals surface area contributed by atoms with Crippen molar-refractivity contribution in [3.63, 3.8) is 0 Å². The smallest absolute Gasteiger partial charge is 0.285 e. The predicted octanol–water partition coefficient (Wildman–Crippen LogP) is 3.96. The molecule has 2 N–H and O–H groups in total. The normalized spacial score (nSPS) is 11.2. The van der Waals surface area contributed by atoms with Crippen LogP contribution in [0.2, 0.25) is 10.0 Å². The molecule has 0 spiro atoms. The van der Waals surface area contributed by atoms with Crippen molar-refractivity contribution in [2.45, 2.75) is 20.8 Å². The molecule has 7 nitrogen and oxygen atoms in total. The molecule has 140 valence electrons. The number of anilines is 1. The fourth-order valence-electron chi connectivity index (χ4n) is 1.95. The lowest BCUT2D eigenvalue weighted by molar-refractivity contribution is 0.248. The number of aromatic nitrogens is 2. The molecule has 26 heavy (non-hydrogen) atoms. The highest BCUT2D eigenvalue weighted by Gasteiger charge is 2.13. The molecule has 0 aliphatic carbocycles. The van der Waals surface area contributed by atoms with Crippen molar-refractivity contribution in [1.29, 1.82) is 0 Å². The Morgan fingerprint density at radius 3 is 2.81 bits per heavy atom. The first-order valence-corrected chi connectivity index (χ1v) is 8.79. The van der Waals surface area contributed by atoms with Crippen molar-refractivity contribution in [1.82, 2.24) is 10.2 Å². The van der Waals surface area contributed by atoms with Crippen LogP contribution in [0.25, 0.3) is 0 Å². The molecule has 0 saturated heterocycles. The highest BCUT2D eigenvalue weighted by Crippen LogP contribution is 2.36. The first-order valence-electron chi connectivity index (χ1n) is 8.03. The van der Waals surface area contributed by atoms with Gasteiger partial charge in [-0.3, -0.25) is 10.2 Å². The van der Waals surface area contributed by atoms with Crippen LogP contribution in [0.5, 0.6) is 11.5 Å². The number of ether oxygens (including phenoxy) is 2. The first kappa shape index (κ1) is 20.1. The molecule has 1 aromatic heterocycles. The quantitative estimate of drug-likeness (QED) is 0.518. The molecule has 1 aromatic carbocycles. The Kier molecular flexibility index (Phi) is 7.29. The first-order chi connectivity index (χ1) is 12.4. The zero-order chi connectivity index (χ0) is 19.1. The van der Waals surface area contributed by atoms with Gasteiger partial charge in [-0.2, -0.15) is 10.2 Å². The topological polar surface area (TPSA) is 88.6 Å². The lowest BCUT2D eigenvalue weighted by Gasteiger charge is -2.15. The SMILES string of the molecule is CCOc1cc(/C=N\Nc2cn[nH]c(=O)c2Cl)cc(Cl)c1OCC(C)C. The molecule has 0 amide bonds. The van der Waals surface area contributed by atoms with Crippen LogP contribution in [-0.2, 0) is 0 Å². The molecule has 1 heterocycles. The van der Waals surface area contributed by atoms with Gasteiger partial charge in [-0.15, -0.1) is 0 Å². The Morgan fingerprint density at radius 1 is 1.35 bits per heavy atom. The number of aromatic amines is 1. The maximum atomic E-state index is 11.4. The maximum Gasteiger partial charge on any atom is 0.285 e. The average Bonchev–Trinajstić information content (AvgIpc) is 2.58. The fourth-order valence-corrected chi connectivity index (χ4v) is 2.36. The van der Waals surface area contributed by atoms with E-state index in [9.17, 15) is 4.79 Å². The Labute approximate surface area is 161 Å². The van der Waals surface area contributed by atoms with Crippen LogP contribution < -0.4 is 20.5 Å². The van der Waals surface area contributed by atoms with Gasteiger partial charge in [0.15, 0.2) is 11.5 Å². The average molecular weight is 399 g/mol. The highest BCUT2D eigenvalue weighted by molar-refractivity contribution is 6.33. The Bertz CT molecular complexity index is 837. The van der Waals surface area contributed by atoms with E-state index in [0.717, 1.165) is 0 Å². The molecule has 2 rings (SSSR count). The number of hydrogen-bond donors (Lipinski definition) is 2. The van der Waals surface area contributed by atoms with E-state index in [1.807, 2.05) is 6.92 Å². The summed E-state index contributed by atoms with van der Waals surface area (Å²) in [6.07, 6.45) is 2.89. The van der Waals surface area contributed by atoms with Gasteiger partial charge in [0.2, 0.25) is 0 Å². The van der Waals surface area contributed by atoms with Crippen LogP contribution in [0.4, 0.5) is 5.69 Å². The van der Waals surface area contributed by atoms with Crippen molar-refractivity contribution in [2.75, 3.05) is 18.6 Å². The van der Waals surface area contributed by atoms with Gasteiger partial charge in [0.05, 0.1) is 30.6 Å². The lowest BCUT2D eigenvalue weighted by Crippen LogP contribution is -2.10. The fraction of sp³-hybridized carbons (Fsp3) is 0.353. The number of H-pyrrole nitrogens is 1. The Balaban J connectivity index is 2.21. The van der Waals surface area contributed by atoms with Crippen LogP contribution >= 0.6 is 23.2 Å². The number of benzene rings is 1. The summed E-state index contributed by atoms with van der Waals surface area (Å²) in [5, 5.41) is 10.3. The second-order valence-electron chi connectivity index (χ2n) is 5.76. The third kappa shape index (κ3) is 5.37. The van der Waals surface area contributed by atoms with E-state index in [4.69, 9.17) is 32.7 Å². The van der Waals surface area contributed by atoms with Crippen molar-refractivity contribution < 1.29 is 9.47 Å². The summed E-state index contributed by atoms with van der Waals surface area (Å²) in [7, 11) is 0. The minimum Gasteiger partial charge on any atom is -0.490 e. The summed E-state index contributed by atoms with van der Waals surface area (Å²) in [5.74, 6) is 1.41. The van der Waals surface area contributed by atoms with Crippen LogP contribution in [0.3, 0.4) is 0 Å². The van der Waals surface area contributed by atoms with Gasteiger partial charge >= 0.3 is 0 Å². The standard InChI is InChI=1S/C17H20Cl2N4O3/c1-4-25-14-6-11(5-12(18)16(14)26-9-10(2)3)7-20-22-13-8-21-23-17(24)15(13)19/h5-8,10H,4,9H2,1-3H3,(H2,22,23,24)/b20-7-. The van der Waals surface area contributed by atoms with Gasteiger partial charge in [-0.25, -0.2) is 5.10 Å². The Hall–Kier alpha value is -2.25. The van der Waals surface area contributed by atoms with Crippen molar-refractivity contribution in [2.24, 2.45) is 11.0 Å². The van der Waals surface area contributed by atoms with Gasteiger partial charge in [-0.1, -0.05) is 37.0 Å². The van der Waals surface area contributed by atoms with Gasteiger partial charge in [0.25, 0.3) is 5.56 Å². The summed E-state index contributed by atoms with van der Waals surface area (Å²) < 4.78 is 11.4. The highest BCUT2D eigenvalue weighted by atomic mass is 35.5. The van der Waals surface area contributed by atoms with Crippen LogP contribution in [0.15, 0.2) is 28.2 Å². The number of nitrogens with zero attached hydrogens (tertiary/aromatic N) is 2. The van der Waals surface area contributed by atoms with Crippen LogP contribution in [0, 0.1) is 5.92 Å². The van der Waals surface area contributed by atoms with E-state index in [2.05, 4.69) is 34.6 Å². The van der Waals surface area contributed by atoms with E-state index in [1.54, 1.807) is 12.1 Å². The molecule has 2 aromatic rings. The Morgan fingerprint density at radius 2 is 2.12 bits per heavy atom. The summed E-state index contributed by atoms with van der Waals surface area (Å²) in [5.41, 5.74) is 3.15. The third-order valence-electron chi connectivity index (χ3n) is 3.09. The van der Waals surface area contributed by atoms with E-state index >= 15 is 0 Å². The number of halogens is 2. The monoisotopic (exact) mass is 398 g/mol. The molecule has 0 bridgehead atoms. The number of hydrogen-bond acceptors (Lipinski definition) is 6. The maximum absolute atomic E-state index is 11.4.